The number of aromatic nitrogens is 1. The van der Waals surface area contributed by atoms with Gasteiger partial charge in [0, 0.05) is 11.0 Å². The molecule has 0 radical (unpaired) electrons. The van der Waals surface area contributed by atoms with Crippen molar-refractivity contribution in [3.05, 3.63) is 21.8 Å². The van der Waals surface area contributed by atoms with Crippen LogP contribution in [-0.2, 0) is 0 Å². The van der Waals surface area contributed by atoms with Crippen molar-refractivity contribution in [1.29, 1.82) is 0 Å². The highest BCUT2D eigenvalue weighted by atomic mass is 79.9. The van der Waals surface area contributed by atoms with Gasteiger partial charge in [-0.1, -0.05) is 27.5 Å². The maximum Gasteiger partial charge on any atom is 0.132 e. The molecule has 5 heteroatoms. The molecule has 1 aliphatic heterocycles. The topological polar surface area (TPSA) is 37.0 Å². The van der Waals surface area contributed by atoms with Crippen molar-refractivity contribution in [2.75, 3.05) is 18.5 Å². The van der Waals surface area contributed by atoms with Gasteiger partial charge in [0.25, 0.3) is 0 Å². The summed E-state index contributed by atoms with van der Waals surface area (Å²) in [7, 11) is 0. The van der Waals surface area contributed by atoms with Gasteiger partial charge in [-0.05, 0) is 12.1 Å². The molecule has 0 saturated carbocycles. The van der Waals surface area contributed by atoms with Crippen molar-refractivity contribution in [3.63, 3.8) is 0 Å². The van der Waals surface area contributed by atoms with Gasteiger partial charge in [0.2, 0.25) is 0 Å². The fraction of sp³-hybridized carbons (Fsp3) is 0.200. The maximum atomic E-state index is 6.11. The largest absolute Gasteiger partial charge is 0.491 e. The van der Waals surface area contributed by atoms with Crippen LogP contribution in [0.4, 0.5) is 5.69 Å². The number of hydrogen-bond acceptors (Lipinski definition) is 2. The van der Waals surface area contributed by atoms with Gasteiger partial charge < -0.3 is 15.0 Å². The molecule has 0 unspecified atom stereocenters. The first-order chi connectivity index (χ1) is 7.25. The van der Waals surface area contributed by atoms with Crippen LogP contribution >= 0.6 is 27.5 Å². The molecule has 0 bridgehead atoms. The van der Waals surface area contributed by atoms with Gasteiger partial charge in [-0.15, -0.1) is 0 Å². The van der Waals surface area contributed by atoms with E-state index >= 15 is 0 Å². The van der Waals surface area contributed by atoms with Crippen LogP contribution in [0.3, 0.4) is 0 Å². The third-order valence-corrected chi connectivity index (χ3v) is 3.18. The smallest absolute Gasteiger partial charge is 0.132 e. The first kappa shape index (κ1) is 9.36. The predicted octanol–water partition coefficient (Wildman–Crippen LogP) is 3.39. The van der Waals surface area contributed by atoms with Crippen molar-refractivity contribution in [3.8, 4) is 5.75 Å². The van der Waals surface area contributed by atoms with E-state index in [2.05, 4.69) is 26.2 Å². The second kappa shape index (κ2) is 3.32. The van der Waals surface area contributed by atoms with E-state index in [0.717, 1.165) is 33.4 Å². The van der Waals surface area contributed by atoms with Crippen LogP contribution in [0.25, 0.3) is 10.9 Å². The summed E-state index contributed by atoms with van der Waals surface area (Å²) < 4.78 is 6.63. The highest BCUT2D eigenvalue weighted by molar-refractivity contribution is 9.10. The number of anilines is 1. The van der Waals surface area contributed by atoms with Crippen LogP contribution in [0, 0.1) is 0 Å². The molecule has 2 heterocycles. The lowest BCUT2D eigenvalue weighted by molar-refractivity contribution is 0.339. The quantitative estimate of drug-likeness (QED) is 0.779. The van der Waals surface area contributed by atoms with Crippen LogP contribution in [0.5, 0.6) is 5.75 Å². The third kappa shape index (κ3) is 1.40. The fourth-order valence-electron chi connectivity index (χ4n) is 1.85. The normalized spacial score (nSPS) is 14.5. The summed E-state index contributed by atoms with van der Waals surface area (Å²) in [6, 6.07) is 3.95. The van der Waals surface area contributed by atoms with E-state index < -0.39 is 0 Å². The van der Waals surface area contributed by atoms with E-state index in [1.54, 1.807) is 0 Å². The molecule has 1 aromatic carbocycles. The summed E-state index contributed by atoms with van der Waals surface area (Å²) in [4.78, 5) is 3.12. The summed E-state index contributed by atoms with van der Waals surface area (Å²) in [5.41, 5.74) is 1.92. The van der Waals surface area contributed by atoms with Crippen molar-refractivity contribution in [2.24, 2.45) is 0 Å². The number of H-pyrrole nitrogens is 1. The van der Waals surface area contributed by atoms with Crippen molar-refractivity contribution in [1.82, 2.24) is 4.98 Å². The Balaban J connectivity index is 2.42. The first-order valence-corrected chi connectivity index (χ1v) is 5.80. The van der Waals surface area contributed by atoms with Gasteiger partial charge in [0.05, 0.1) is 16.6 Å². The molecule has 3 rings (SSSR count). The summed E-state index contributed by atoms with van der Waals surface area (Å²) in [6.07, 6.45) is 0. The second-order valence-electron chi connectivity index (χ2n) is 3.42. The number of aromatic amines is 1. The lowest BCUT2D eigenvalue weighted by Crippen LogP contribution is -2.08. The highest BCUT2D eigenvalue weighted by Crippen LogP contribution is 2.40. The van der Waals surface area contributed by atoms with Crippen molar-refractivity contribution < 1.29 is 4.74 Å². The van der Waals surface area contributed by atoms with E-state index in [1.807, 2.05) is 12.1 Å². The Morgan fingerprint density at radius 1 is 1.40 bits per heavy atom. The van der Waals surface area contributed by atoms with E-state index in [4.69, 9.17) is 16.3 Å². The lowest BCUT2D eigenvalue weighted by atomic mass is 10.2. The molecule has 2 N–H and O–H groups in total. The summed E-state index contributed by atoms with van der Waals surface area (Å²) >= 11 is 9.55. The molecule has 0 amide bonds. The van der Waals surface area contributed by atoms with E-state index in [-0.39, 0.29) is 0 Å². The molecule has 78 valence electrons. The zero-order valence-corrected chi connectivity index (χ0v) is 10.1. The van der Waals surface area contributed by atoms with Crippen LogP contribution < -0.4 is 10.1 Å². The second-order valence-corrected chi connectivity index (χ2v) is 4.71. The van der Waals surface area contributed by atoms with Gasteiger partial charge in [-0.2, -0.15) is 0 Å². The van der Waals surface area contributed by atoms with Crippen LogP contribution in [0.15, 0.2) is 16.6 Å². The van der Waals surface area contributed by atoms with Gasteiger partial charge in [-0.3, -0.25) is 0 Å². The Hall–Kier alpha value is -0.870. The minimum absolute atomic E-state index is 0.634. The molecular formula is C10H8BrClN2O. The zero-order chi connectivity index (χ0) is 10.4. The Labute approximate surface area is 99.9 Å². The minimum Gasteiger partial charge on any atom is -0.491 e. The van der Waals surface area contributed by atoms with Crippen LogP contribution in [0.1, 0.15) is 0 Å². The Bertz CT molecular complexity index is 538. The fourth-order valence-corrected chi connectivity index (χ4v) is 2.55. The van der Waals surface area contributed by atoms with Gasteiger partial charge in [0.15, 0.2) is 0 Å². The van der Waals surface area contributed by atoms with Crippen molar-refractivity contribution >= 4 is 44.1 Å². The van der Waals surface area contributed by atoms with Gasteiger partial charge in [0.1, 0.15) is 17.5 Å². The average Bonchev–Trinajstić information content (AvgIpc) is 2.39. The van der Waals surface area contributed by atoms with Crippen LogP contribution in [0.2, 0.25) is 5.15 Å². The zero-order valence-electron chi connectivity index (χ0n) is 7.73. The number of benzene rings is 1. The average molecular weight is 288 g/mol. The van der Waals surface area contributed by atoms with E-state index in [0.29, 0.717) is 11.8 Å². The molecule has 1 aliphatic rings. The van der Waals surface area contributed by atoms with Gasteiger partial charge >= 0.3 is 0 Å². The SMILES string of the molecule is Clc1[nH]c2cc(Br)cc3c2c1NCCO3. The Kier molecular flexibility index (Phi) is 2.07. The van der Waals surface area contributed by atoms with E-state index in [9.17, 15) is 0 Å². The van der Waals surface area contributed by atoms with Crippen LogP contribution in [-0.4, -0.2) is 18.1 Å². The monoisotopic (exact) mass is 286 g/mol. The molecule has 0 spiro atoms. The van der Waals surface area contributed by atoms with E-state index in [1.165, 1.54) is 0 Å². The molecule has 0 atom stereocenters. The summed E-state index contributed by atoms with van der Waals surface area (Å²) in [6.45, 7) is 1.41. The Morgan fingerprint density at radius 2 is 2.27 bits per heavy atom. The number of ether oxygens (including phenoxy) is 1. The number of rotatable bonds is 0. The molecule has 0 fully saturated rings. The van der Waals surface area contributed by atoms with Gasteiger partial charge in [-0.25, -0.2) is 0 Å². The molecular weight excluding hydrogens is 279 g/mol. The first-order valence-electron chi connectivity index (χ1n) is 4.63. The molecule has 3 nitrogen and oxygen atoms in total. The molecule has 0 aliphatic carbocycles. The number of halogens is 2. The van der Waals surface area contributed by atoms with Crippen molar-refractivity contribution in [2.45, 2.75) is 0 Å². The molecule has 1 aromatic heterocycles. The number of nitrogens with one attached hydrogen (secondary N) is 2. The molecule has 2 aromatic rings. The molecule has 0 saturated heterocycles. The summed E-state index contributed by atoms with van der Waals surface area (Å²) in [5.74, 6) is 0.863. The lowest BCUT2D eigenvalue weighted by Gasteiger charge is -2.03. The highest BCUT2D eigenvalue weighted by Gasteiger charge is 2.17. The third-order valence-electron chi connectivity index (χ3n) is 2.44. The summed E-state index contributed by atoms with van der Waals surface area (Å²) in [5, 5.41) is 4.92. The standard InChI is InChI=1S/C10H8BrClN2O/c11-5-3-6-8-7(4-5)15-2-1-13-9(8)10(12)14-6/h3-4,13-14H,1-2H2. The Morgan fingerprint density at radius 3 is 3.13 bits per heavy atom. The minimum atomic E-state index is 0.634. The predicted molar refractivity (Wildman–Crippen MR) is 65.0 cm³/mol. The molecule has 15 heavy (non-hydrogen) atoms. The maximum absolute atomic E-state index is 6.11. The number of hydrogen-bond donors (Lipinski definition) is 2.